The number of methoxy groups -OCH3 is 1. The third kappa shape index (κ3) is 3.75. The molecule has 0 unspecified atom stereocenters. The van der Waals surface area contributed by atoms with Crippen molar-refractivity contribution in [2.24, 2.45) is 0 Å². The largest absolute Gasteiger partial charge is 0.495 e. The molecule has 1 aliphatic heterocycles. The quantitative estimate of drug-likeness (QED) is 0.504. The summed E-state index contributed by atoms with van der Waals surface area (Å²) in [6, 6.07) is 9.60. The fraction of sp³-hybridized carbons (Fsp3) is 0.316. The van der Waals surface area contributed by atoms with E-state index in [1.807, 2.05) is 35.2 Å². The Morgan fingerprint density at radius 3 is 2.79 bits per heavy atom. The Hall–Kier alpha value is -2.07. The number of hydrogen-bond acceptors (Lipinski definition) is 5. The Morgan fingerprint density at radius 1 is 1.25 bits per heavy atom. The average molecular weight is 512 g/mol. The molecular weight excluding hydrogens is 493 g/mol. The second-order valence-corrected chi connectivity index (χ2v) is 7.94. The van der Waals surface area contributed by atoms with Crippen LogP contribution in [0.15, 0.2) is 36.5 Å². The first-order chi connectivity index (χ1) is 13.6. The average Bonchev–Trinajstić information content (AvgIpc) is 3.04. The zero-order valence-corrected chi connectivity index (χ0v) is 18.2. The molecule has 28 heavy (non-hydrogen) atoms. The van der Waals surface area contributed by atoms with Crippen LogP contribution in [-0.2, 0) is 11.3 Å². The molecule has 1 saturated heterocycles. The molecule has 4 rings (SSSR count). The van der Waals surface area contributed by atoms with Crippen LogP contribution in [0.1, 0.15) is 0 Å². The number of hydrogen-bond donors (Lipinski definition) is 0. The number of fused-ring (bicyclic) bond motifs is 1. The van der Waals surface area contributed by atoms with E-state index < -0.39 is 0 Å². The Balaban J connectivity index is 1.41. The van der Waals surface area contributed by atoms with Crippen LogP contribution in [0, 0.1) is 3.70 Å². The summed E-state index contributed by atoms with van der Waals surface area (Å²) in [6.45, 7) is 3.03. The standard InChI is InChI=1S/C19H19ClIN5O2/c1-28-16-11-13(4-5-15(16)20)24-7-9-25(10-8-24)17(27)12-26-19-14(18(21)23-26)3-2-6-22-19/h2-6,11H,7-10,12H2,1H3. The number of carbonyl (C=O) groups excluding carboxylic acids is 1. The van der Waals surface area contributed by atoms with Crippen molar-refractivity contribution < 1.29 is 9.53 Å². The summed E-state index contributed by atoms with van der Waals surface area (Å²) in [4.78, 5) is 21.3. The van der Waals surface area contributed by atoms with Crippen LogP contribution < -0.4 is 9.64 Å². The molecule has 9 heteroatoms. The summed E-state index contributed by atoms with van der Waals surface area (Å²) in [5, 5.41) is 6.03. The van der Waals surface area contributed by atoms with Gasteiger partial charge in [-0.2, -0.15) is 5.10 Å². The molecule has 1 aromatic carbocycles. The van der Waals surface area contributed by atoms with E-state index >= 15 is 0 Å². The van der Waals surface area contributed by atoms with Gasteiger partial charge in [0.1, 0.15) is 16.0 Å². The maximum Gasteiger partial charge on any atom is 0.244 e. The van der Waals surface area contributed by atoms with Crippen LogP contribution in [0.4, 0.5) is 5.69 Å². The zero-order chi connectivity index (χ0) is 19.7. The highest BCUT2D eigenvalue weighted by Crippen LogP contribution is 2.29. The normalized spacial score (nSPS) is 14.5. The van der Waals surface area contributed by atoms with E-state index in [1.54, 1.807) is 18.0 Å². The van der Waals surface area contributed by atoms with E-state index in [-0.39, 0.29) is 12.5 Å². The van der Waals surface area contributed by atoms with Gasteiger partial charge < -0.3 is 14.5 Å². The van der Waals surface area contributed by atoms with Crippen molar-refractivity contribution in [3.8, 4) is 5.75 Å². The third-order valence-corrected chi connectivity index (χ3v) is 5.99. The number of benzene rings is 1. The van der Waals surface area contributed by atoms with Gasteiger partial charge in [0.05, 0.1) is 17.5 Å². The van der Waals surface area contributed by atoms with Gasteiger partial charge in [-0.15, -0.1) is 0 Å². The van der Waals surface area contributed by atoms with Gasteiger partial charge in [-0.25, -0.2) is 9.67 Å². The summed E-state index contributed by atoms with van der Waals surface area (Å²) >= 11 is 8.28. The van der Waals surface area contributed by atoms with Crippen LogP contribution in [-0.4, -0.2) is 58.9 Å². The first-order valence-electron chi connectivity index (χ1n) is 8.90. The number of carbonyl (C=O) groups is 1. The Bertz CT molecular complexity index is 1020. The Morgan fingerprint density at radius 2 is 2.04 bits per heavy atom. The first-order valence-corrected chi connectivity index (χ1v) is 10.4. The van der Waals surface area contributed by atoms with Crippen molar-refractivity contribution in [3.63, 3.8) is 0 Å². The highest BCUT2D eigenvalue weighted by molar-refractivity contribution is 14.1. The number of rotatable bonds is 4. The highest BCUT2D eigenvalue weighted by Gasteiger charge is 2.23. The number of piperazine rings is 1. The minimum Gasteiger partial charge on any atom is -0.495 e. The van der Waals surface area contributed by atoms with Gasteiger partial charge in [-0.3, -0.25) is 4.79 Å². The van der Waals surface area contributed by atoms with Gasteiger partial charge in [0, 0.05) is 44.1 Å². The van der Waals surface area contributed by atoms with E-state index in [1.165, 1.54) is 0 Å². The number of pyridine rings is 1. The summed E-state index contributed by atoms with van der Waals surface area (Å²) in [5.74, 6) is 0.713. The topological polar surface area (TPSA) is 63.5 Å². The predicted molar refractivity (Wildman–Crippen MR) is 117 cm³/mol. The lowest BCUT2D eigenvalue weighted by atomic mass is 10.2. The fourth-order valence-corrected chi connectivity index (χ4v) is 4.24. The van der Waals surface area contributed by atoms with Crippen molar-refractivity contribution in [2.75, 3.05) is 38.2 Å². The summed E-state index contributed by atoms with van der Waals surface area (Å²) < 4.78 is 7.85. The van der Waals surface area contributed by atoms with Crippen LogP contribution in [0.5, 0.6) is 5.75 Å². The molecule has 0 atom stereocenters. The lowest BCUT2D eigenvalue weighted by Crippen LogP contribution is -2.49. The summed E-state index contributed by atoms with van der Waals surface area (Å²) in [6.07, 6.45) is 1.72. The predicted octanol–water partition coefficient (Wildman–Crippen LogP) is 3.05. The molecule has 7 nitrogen and oxygen atoms in total. The van der Waals surface area contributed by atoms with Gasteiger partial charge in [0.15, 0.2) is 5.65 Å². The van der Waals surface area contributed by atoms with Crippen molar-refractivity contribution >= 4 is 56.8 Å². The molecule has 1 fully saturated rings. The Kier molecular flexibility index (Phi) is 5.58. The molecule has 0 bridgehead atoms. The second kappa shape index (κ2) is 8.12. The van der Waals surface area contributed by atoms with Crippen molar-refractivity contribution in [1.82, 2.24) is 19.7 Å². The van der Waals surface area contributed by atoms with Crippen molar-refractivity contribution in [3.05, 3.63) is 45.3 Å². The number of ether oxygens (including phenoxy) is 1. The summed E-state index contributed by atoms with van der Waals surface area (Å²) in [5.41, 5.74) is 1.79. The van der Waals surface area contributed by atoms with E-state index in [4.69, 9.17) is 16.3 Å². The van der Waals surface area contributed by atoms with E-state index in [0.717, 1.165) is 33.5 Å². The molecule has 2 aromatic heterocycles. The second-order valence-electron chi connectivity index (χ2n) is 6.51. The van der Waals surface area contributed by atoms with Crippen LogP contribution >= 0.6 is 34.2 Å². The maximum atomic E-state index is 12.8. The van der Waals surface area contributed by atoms with Crippen LogP contribution in [0.3, 0.4) is 0 Å². The van der Waals surface area contributed by atoms with Gasteiger partial charge >= 0.3 is 0 Å². The van der Waals surface area contributed by atoms with Gasteiger partial charge in [0.2, 0.25) is 5.91 Å². The SMILES string of the molecule is COc1cc(N2CCN(C(=O)Cn3nc(I)c4cccnc43)CC2)ccc1Cl. The third-order valence-electron chi connectivity index (χ3n) is 4.88. The van der Waals surface area contributed by atoms with Crippen LogP contribution in [0.2, 0.25) is 5.02 Å². The van der Waals surface area contributed by atoms with Gasteiger partial charge in [0.25, 0.3) is 0 Å². The molecule has 146 valence electrons. The lowest BCUT2D eigenvalue weighted by molar-refractivity contribution is -0.132. The molecule has 0 radical (unpaired) electrons. The smallest absolute Gasteiger partial charge is 0.244 e. The number of amides is 1. The van der Waals surface area contributed by atoms with Crippen molar-refractivity contribution in [1.29, 1.82) is 0 Å². The molecule has 0 aliphatic carbocycles. The molecule has 1 aliphatic rings. The molecule has 0 spiro atoms. The maximum absolute atomic E-state index is 12.8. The lowest BCUT2D eigenvalue weighted by Gasteiger charge is -2.36. The number of aromatic nitrogens is 3. The highest BCUT2D eigenvalue weighted by atomic mass is 127. The number of nitrogens with zero attached hydrogens (tertiary/aromatic N) is 5. The zero-order valence-electron chi connectivity index (χ0n) is 15.3. The molecule has 0 saturated carbocycles. The fourth-order valence-electron chi connectivity index (χ4n) is 3.37. The minimum atomic E-state index is 0.0554. The monoisotopic (exact) mass is 511 g/mol. The Labute approximate surface area is 181 Å². The molecule has 3 heterocycles. The number of anilines is 1. The number of halogens is 2. The molecule has 1 amide bonds. The minimum absolute atomic E-state index is 0.0554. The van der Waals surface area contributed by atoms with E-state index in [9.17, 15) is 4.79 Å². The van der Waals surface area contributed by atoms with E-state index in [0.29, 0.717) is 23.9 Å². The molecule has 0 N–H and O–H groups in total. The first kappa shape index (κ1) is 19.3. The van der Waals surface area contributed by atoms with E-state index in [2.05, 4.69) is 37.6 Å². The van der Waals surface area contributed by atoms with Crippen molar-refractivity contribution in [2.45, 2.75) is 6.54 Å². The van der Waals surface area contributed by atoms with Gasteiger partial charge in [-0.05, 0) is 46.9 Å². The molecule has 3 aromatic rings. The van der Waals surface area contributed by atoms with Gasteiger partial charge in [-0.1, -0.05) is 11.6 Å². The van der Waals surface area contributed by atoms with Crippen LogP contribution in [0.25, 0.3) is 11.0 Å². The molecular formula is C19H19ClIN5O2. The summed E-state index contributed by atoms with van der Waals surface area (Å²) in [7, 11) is 1.61.